The monoisotopic (exact) mass is 379 g/mol. The first-order chi connectivity index (χ1) is 12.8. The number of nitrogens with zero attached hydrogens (tertiary/aromatic N) is 2. The van der Waals surface area contributed by atoms with Crippen LogP contribution in [-0.2, 0) is 0 Å². The summed E-state index contributed by atoms with van der Waals surface area (Å²) in [5, 5.41) is 5.96. The van der Waals surface area contributed by atoms with E-state index in [1.54, 1.807) is 24.0 Å². The van der Waals surface area contributed by atoms with Crippen LogP contribution in [0.3, 0.4) is 0 Å². The zero-order valence-corrected chi connectivity index (χ0v) is 15.8. The first-order valence-electron chi connectivity index (χ1n) is 8.31. The van der Waals surface area contributed by atoms with E-state index in [0.717, 1.165) is 12.1 Å². The summed E-state index contributed by atoms with van der Waals surface area (Å²) >= 11 is 3.16. The van der Waals surface area contributed by atoms with Crippen LogP contribution in [-0.4, -0.2) is 18.7 Å². The fraction of sp³-hybridized carbons (Fsp3) is 0.100. The molecule has 2 heterocycles. The van der Waals surface area contributed by atoms with Gasteiger partial charge in [0.05, 0.1) is 22.5 Å². The minimum atomic E-state index is -0.185. The molecule has 0 radical (unpaired) electrons. The first-order valence-corrected chi connectivity index (χ1v) is 10.0. The molecule has 4 nitrogen and oxygen atoms in total. The average molecular weight is 380 g/mol. The molecule has 0 bridgehead atoms. The van der Waals surface area contributed by atoms with Crippen LogP contribution >= 0.6 is 23.1 Å². The van der Waals surface area contributed by atoms with Crippen LogP contribution in [0.25, 0.3) is 0 Å². The lowest BCUT2D eigenvalue weighted by atomic mass is 10.1. The summed E-state index contributed by atoms with van der Waals surface area (Å²) in [6, 6.07) is 18.3. The minimum Gasteiger partial charge on any atom is -0.340 e. The third-order valence-corrected chi connectivity index (χ3v) is 6.07. The maximum atomic E-state index is 11.9. The van der Waals surface area contributed by atoms with Gasteiger partial charge in [0.1, 0.15) is 0 Å². The van der Waals surface area contributed by atoms with Gasteiger partial charge in [-0.1, -0.05) is 36.0 Å². The number of nitrogens with one attached hydrogen (secondary N) is 1. The zero-order chi connectivity index (χ0) is 17.9. The van der Waals surface area contributed by atoms with Crippen LogP contribution in [0.5, 0.6) is 0 Å². The van der Waals surface area contributed by atoms with Gasteiger partial charge in [-0.25, -0.2) is 5.43 Å². The van der Waals surface area contributed by atoms with E-state index in [1.807, 2.05) is 17.5 Å². The number of carbonyl (C=O) groups is 1. The molecule has 2 aromatic carbocycles. The molecule has 6 heteroatoms. The van der Waals surface area contributed by atoms with Gasteiger partial charge < -0.3 is 4.90 Å². The fourth-order valence-corrected chi connectivity index (χ4v) is 4.66. The van der Waals surface area contributed by atoms with E-state index in [-0.39, 0.29) is 5.91 Å². The Bertz CT molecular complexity index is 967. The molecule has 4 rings (SSSR count). The minimum absolute atomic E-state index is 0.185. The van der Waals surface area contributed by atoms with E-state index in [9.17, 15) is 4.79 Å². The van der Waals surface area contributed by atoms with Gasteiger partial charge in [0.25, 0.3) is 5.91 Å². The standard InChI is InChI=1S/C20H17N3OS2/c1-2-23-15-6-3-4-7-17(15)26-19-12-14(9-10-16(19)23)13-21-22-20(24)18-8-5-11-25-18/h3-13H,2H2,1H3,(H,22,24)/b21-13+. The maximum Gasteiger partial charge on any atom is 0.281 e. The Labute approximate surface area is 160 Å². The van der Waals surface area contributed by atoms with Gasteiger partial charge in [-0.2, -0.15) is 5.10 Å². The summed E-state index contributed by atoms with van der Waals surface area (Å²) in [7, 11) is 0. The van der Waals surface area contributed by atoms with Crippen molar-refractivity contribution >= 4 is 46.6 Å². The highest BCUT2D eigenvalue weighted by Crippen LogP contribution is 2.47. The number of hydrazone groups is 1. The second-order valence-electron chi connectivity index (χ2n) is 5.72. The van der Waals surface area contributed by atoms with Gasteiger partial charge in [-0.05, 0) is 48.2 Å². The van der Waals surface area contributed by atoms with Crippen LogP contribution in [0.4, 0.5) is 11.4 Å². The number of thiophene rings is 1. The summed E-state index contributed by atoms with van der Waals surface area (Å²) in [5.74, 6) is -0.185. The second kappa shape index (κ2) is 7.35. The van der Waals surface area contributed by atoms with Gasteiger partial charge in [0.2, 0.25) is 0 Å². The number of carbonyl (C=O) groups excluding carboxylic acids is 1. The highest BCUT2D eigenvalue weighted by molar-refractivity contribution is 7.99. The molecular formula is C20H17N3OS2. The molecule has 0 aliphatic carbocycles. The van der Waals surface area contributed by atoms with Gasteiger partial charge in [-0.15, -0.1) is 11.3 Å². The third-order valence-electron chi connectivity index (χ3n) is 4.09. The van der Waals surface area contributed by atoms with Gasteiger partial charge in [0, 0.05) is 16.3 Å². The summed E-state index contributed by atoms with van der Waals surface area (Å²) in [5.41, 5.74) is 5.98. The fourth-order valence-electron chi connectivity index (χ4n) is 2.90. The molecule has 130 valence electrons. The van der Waals surface area contributed by atoms with Crippen molar-refractivity contribution in [2.75, 3.05) is 11.4 Å². The Hall–Kier alpha value is -2.57. The number of amides is 1. The topological polar surface area (TPSA) is 44.7 Å². The molecule has 1 amide bonds. The first kappa shape index (κ1) is 16.9. The van der Waals surface area contributed by atoms with Crippen LogP contribution in [0.2, 0.25) is 0 Å². The molecule has 0 unspecified atom stereocenters. The highest BCUT2D eigenvalue weighted by atomic mass is 32.2. The lowest BCUT2D eigenvalue weighted by Gasteiger charge is -2.31. The Morgan fingerprint density at radius 2 is 1.96 bits per heavy atom. The van der Waals surface area contributed by atoms with Crippen molar-refractivity contribution in [2.45, 2.75) is 16.7 Å². The highest BCUT2D eigenvalue weighted by Gasteiger charge is 2.21. The molecule has 1 N–H and O–H groups in total. The van der Waals surface area contributed by atoms with Crippen molar-refractivity contribution < 1.29 is 4.79 Å². The van der Waals surface area contributed by atoms with Gasteiger partial charge >= 0.3 is 0 Å². The van der Waals surface area contributed by atoms with E-state index >= 15 is 0 Å². The SMILES string of the molecule is CCN1c2ccccc2Sc2cc(/C=N/NC(=O)c3cccs3)ccc21. The van der Waals surface area contributed by atoms with E-state index in [2.05, 4.69) is 58.7 Å². The summed E-state index contributed by atoms with van der Waals surface area (Å²) in [6.07, 6.45) is 1.68. The summed E-state index contributed by atoms with van der Waals surface area (Å²) in [4.78, 5) is 17.3. The quantitative estimate of drug-likeness (QED) is 0.505. The number of benzene rings is 2. The average Bonchev–Trinajstić information content (AvgIpc) is 3.21. The van der Waals surface area contributed by atoms with Crippen molar-refractivity contribution in [2.24, 2.45) is 5.10 Å². The second-order valence-corrected chi connectivity index (χ2v) is 7.75. The number of fused-ring (bicyclic) bond motifs is 2. The molecule has 0 atom stereocenters. The van der Waals surface area contributed by atoms with E-state index in [1.165, 1.54) is 32.5 Å². The molecule has 3 aromatic rings. The predicted molar refractivity (Wildman–Crippen MR) is 109 cm³/mol. The Morgan fingerprint density at radius 1 is 1.12 bits per heavy atom. The lowest BCUT2D eigenvalue weighted by molar-refractivity contribution is 0.0959. The van der Waals surface area contributed by atoms with Crippen molar-refractivity contribution in [1.29, 1.82) is 0 Å². The van der Waals surface area contributed by atoms with Crippen LogP contribution < -0.4 is 10.3 Å². The predicted octanol–water partition coefficient (Wildman–Crippen LogP) is 5.13. The molecule has 0 fully saturated rings. The maximum absolute atomic E-state index is 11.9. The largest absolute Gasteiger partial charge is 0.340 e. The zero-order valence-electron chi connectivity index (χ0n) is 14.2. The van der Waals surface area contributed by atoms with E-state index in [4.69, 9.17) is 0 Å². The number of hydrogen-bond donors (Lipinski definition) is 1. The Kier molecular flexibility index (Phi) is 4.77. The van der Waals surface area contributed by atoms with E-state index in [0.29, 0.717) is 4.88 Å². The third kappa shape index (κ3) is 3.25. The number of hydrogen-bond acceptors (Lipinski definition) is 5. The molecular weight excluding hydrogens is 362 g/mol. The van der Waals surface area contributed by atoms with Crippen molar-refractivity contribution in [3.63, 3.8) is 0 Å². The molecule has 1 aliphatic heterocycles. The normalized spacial score (nSPS) is 12.7. The molecule has 0 saturated carbocycles. The smallest absolute Gasteiger partial charge is 0.281 e. The Balaban J connectivity index is 1.54. The van der Waals surface area contributed by atoms with E-state index < -0.39 is 0 Å². The summed E-state index contributed by atoms with van der Waals surface area (Å²) in [6.45, 7) is 3.07. The lowest BCUT2D eigenvalue weighted by Crippen LogP contribution is -2.20. The number of anilines is 2. The van der Waals surface area contributed by atoms with Crippen molar-refractivity contribution in [1.82, 2.24) is 5.43 Å². The summed E-state index contributed by atoms with van der Waals surface area (Å²) < 4.78 is 0. The van der Waals surface area contributed by atoms with Gasteiger partial charge in [0.15, 0.2) is 0 Å². The number of para-hydroxylation sites is 1. The molecule has 0 spiro atoms. The molecule has 1 aliphatic rings. The molecule has 1 aromatic heterocycles. The molecule has 0 saturated heterocycles. The molecule has 26 heavy (non-hydrogen) atoms. The van der Waals surface area contributed by atoms with Crippen LogP contribution in [0, 0.1) is 0 Å². The van der Waals surface area contributed by atoms with Crippen molar-refractivity contribution in [3.8, 4) is 0 Å². The Morgan fingerprint density at radius 3 is 2.77 bits per heavy atom. The van der Waals surface area contributed by atoms with Gasteiger partial charge in [-0.3, -0.25) is 4.79 Å². The van der Waals surface area contributed by atoms with Crippen LogP contribution in [0.1, 0.15) is 22.2 Å². The number of rotatable bonds is 4. The van der Waals surface area contributed by atoms with Crippen LogP contribution in [0.15, 0.2) is 74.9 Å². The van der Waals surface area contributed by atoms with Crippen molar-refractivity contribution in [3.05, 3.63) is 70.4 Å².